The van der Waals surface area contributed by atoms with Gasteiger partial charge in [-0.25, -0.2) is 4.68 Å². The van der Waals surface area contributed by atoms with Gasteiger partial charge in [0, 0.05) is 6.07 Å². The highest BCUT2D eigenvalue weighted by atomic mass is 15.3. The molecular formula is C10H19N3. The smallest absolute Gasteiger partial charge is 0.122 e. The van der Waals surface area contributed by atoms with Crippen molar-refractivity contribution in [1.82, 2.24) is 9.78 Å². The first-order chi connectivity index (χ1) is 6.06. The highest BCUT2D eigenvalue weighted by Crippen LogP contribution is 2.20. The molecule has 1 atom stereocenters. The van der Waals surface area contributed by atoms with Gasteiger partial charge in [0.25, 0.3) is 0 Å². The maximum absolute atomic E-state index is 5.86. The molecule has 1 rings (SSSR count). The molecule has 0 saturated carbocycles. The number of nitrogen functional groups attached to an aromatic ring is 1. The Morgan fingerprint density at radius 1 is 1.46 bits per heavy atom. The fraction of sp³-hybridized carbons (Fsp3) is 0.700. The van der Waals surface area contributed by atoms with Gasteiger partial charge in [0.1, 0.15) is 5.82 Å². The maximum Gasteiger partial charge on any atom is 0.122 e. The van der Waals surface area contributed by atoms with Crippen LogP contribution in [-0.4, -0.2) is 9.78 Å². The van der Waals surface area contributed by atoms with Crippen LogP contribution in [0.4, 0.5) is 5.82 Å². The van der Waals surface area contributed by atoms with Crippen LogP contribution in [0.15, 0.2) is 6.07 Å². The molecular weight excluding hydrogens is 162 g/mol. The van der Waals surface area contributed by atoms with E-state index in [-0.39, 0.29) is 0 Å². The fourth-order valence-electron chi connectivity index (χ4n) is 1.24. The topological polar surface area (TPSA) is 43.8 Å². The van der Waals surface area contributed by atoms with Crippen LogP contribution in [-0.2, 0) is 0 Å². The van der Waals surface area contributed by atoms with Gasteiger partial charge in [-0.15, -0.1) is 0 Å². The lowest BCUT2D eigenvalue weighted by atomic mass is 10.1. The third-order valence-corrected chi connectivity index (χ3v) is 2.38. The number of nitrogens with zero attached hydrogens (tertiary/aromatic N) is 2. The van der Waals surface area contributed by atoms with Crippen molar-refractivity contribution in [3.63, 3.8) is 0 Å². The van der Waals surface area contributed by atoms with E-state index >= 15 is 0 Å². The van der Waals surface area contributed by atoms with Crippen LogP contribution in [0, 0.1) is 0 Å². The van der Waals surface area contributed by atoms with E-state index in [1.807, 2.05) is 10.7 Å². The lowest BCUT2D eigenvalue weighted by Crippen LogP contribution is -2.09. The number of anilines is 1. The molecule has 1 aromatic rings. The Hall–Kier alpha value is -0.990. The molecule has 3 heteroatoms. The number of hydrogen-bond donors (Lipinski definition) is 1. The summed E-state index contributed by atoms with van der Waals surface area (Å²) in [5.41, 5.74) is 6.94. The van der Waals surface area contributed by atoms with Crippen molar-refractivity contribution in [2.45, 2.75) is 46.1 Å². The molecule has 13 heavy (non-hydrogen) atoms. The minimum atomic E-state index is 0.396. The summed E-state index contributed by atoms with van der Waals surface area (Å²) in [5.74, 6) is 1.23. The molecule has 0 aromatic carbocycles. The van der Waals surface area contributed by atoms with Crippen molar-refractivity contribution >= 4 is 5.82 Å². The van der Waals surface area contributed by atoms with Crippen molar-refractivity contribution in [2.75, 3.05) is 5.73 Å². The summed E-state index contributed by atoms with van der Waals surface area (Å²) in [5, 5.41) is 4.47. The molecule has 1 heterocycles. The highest BCUT2D eigenvalue weighted by molar-refractivity contribution is 5.32. The number of hydrogen-bond acceptors (Lipinski definition) is 2. The number of rotatable bonds is 3. The predicted molar refractivity (Wildman–Crippen MR) is 55.7 cm³/mol. The standard InChI is InChI=1S/C10H19N3/c1-5-8(4)13-10(11)6-9(12-13)7(2)3/h6-8H,5,11H2,1-4H3. The van der Waals surface area contributed by atoms with Crippen molar-refractivity contribution in [3.8, 4) is 0 Å². The Kier molecular flexibility index (Phi) is 2.96. The van der Waals surface area contributed by atoms with Crippen LogP contribution < -0.4 is 5.73 Å². The average molecular weight is 181 g/mol. The quantitative estimate of drug-likeness (QED) is 0.778. The molecule has 74 valence electrons. The first kappa shape index (κ1) is 10.1. The molecule has 0 fully saturated rings. The molecule has 0 amide bonds. The van der Waals surface area contributed by atoms with Crippen molar-refractivity contribution < 1.29 is 0 Å². The minimum absolute atomic E-state index is 0.396. The Labute approximate surface area is 79.9 Å². The van der Waals surface area contributed by atoms with E-state index < -0.39 is 0 Å². The SMILES string of the molecule is CCC(C)n1nc(C(C)C)cc1N. The van der Waals surface area contributed by atoms with Crippen LogP contribution in [0.2, 0.25) is 0 Å². The monoisotopic (exact) mass is 181 g/mol. The highest BCUT2D eigenvalue weighted by Gasteiger charge is 2.11. The summed E-state index contributed by atoms with van der Waals surface area (Å²) < 4.78 is 1.91. The van der Waals surface area contributed by atoms with Crippen molar-refractivity contribution in [3.05, 3.63) is 11.8 Å². The minimum Gasteiger partial charge on any atom is -0.384 e. The Morgan fingerprint density at radius 3 is 2.46 bits per heavy atom. The van der Waals surface area contributed by atoms with Crippen LogP contribution in [0.1, 0.15) is 51.8 Å². The summed E-state index contributed by atoms with van der Waals surface area (Å²) in [4.78, 5) is 0. The molecule has 0 aliphatic rings. The van der Waals surface area contributed by atoms with Gasteiger partial charge >= 0.3 is 0 Å². The zero-order valence-electron chi connectivity index (χ0n) is 8.91. The van der Waals surface area contributed by atoms with Gasteiger partial charge in [-0.3, -0.25) is 0 Å². The van der Waals surface area contributed by atoms with Crippen molar-refractivity contribution in [2.24, 2.45) is 0 Å². The predicted octanol–water partition coefficient (Wildman–Crippen LogP) is 2.56. The summed E-state index contributed by atoms with van der Waals surface area (Å²) in [6.07, 6.45) is 1.06. The second-order valence-electron chi connectivity index (χ2n) is 3.85. The summed E-state index contributed by atoms with van der Waals surface area (Å²) in [7, 11) is 0. The van der Waals surface area contributed by atoms with E-state index in [0.29, 0.717) is 12.0 Å². The van der Waals surface area contributed by atoms with E-state index in [1.54, 1.807) is 0 Å². The van der Waals surface area contributed by atoms with Crippen LogP contribution >= 0.6 is 0 Å². The molecule has 0 saturated heterocycles. The first-order valence-electron chi connectivity index (χ1n) is 4.91. The summed E-state index contributed by atoms with van der Waals surface area (Å²) >= 11 is 0. The fourth-order valence-corrected chi connectivity index (χ4v) is 1.24. The molecule has 0 aliphatic heterocycles. The largest absolute Gasteiger partial charge is 0.384 e. The van der Waals surface area contributed by atoms with Gasteiger partial charge < -0.3 is 5.73 Å². The Bertz CT molecular complexity index is 276. The van der Waals surface area contributed by atoms with Gasteiger partial charge in [0.2, 0.25) is 0 Å². The second-order valence-corrected chi connectivity index (χ2v) is 3.85. The van der Waals surface area contributed by atoms with E-state index in [4.69, 9.17) is 5.73 Å². The van der Waals surface area contributed by atoms with Gasteiger partial charge in [-0.05, 0) is 19.3 Å². The maximum atomic E-state index is 5.86. The van der Waals surface area contributed by atoms with Gasteiger partial charge in [-0.1, -0.05) is 20.8 Å². The lowest BCUT2D eigenvalue weighted by Gasteiger charge is -2.10. The van der Waals surface area contributed by atoms with Crippen LogP contribution in [0.5, 0.6) is 0 Å². The van der Waals surface area contributed by atoms with Crippen LogP contribution in [0.3, 0.4) is 0 Å². The van der Waals surface area contributed by atoms with Gasteiger partial charge in [-0.2, -0.15) is 5.10 Å². The molecule has 0 spiro atoms. The van der Waals surface area contributed by atoms with Crippen LogP contribution in [0.25, 0.3) is 0 Å². The van der Waals surface area contributed by atoms with Gasteiger partial charge in [0.15, 0.2) is 0 Å². The normalized spacial score (nSPS) is 13.6. The zero-order chi connectivity index (χ0) is 10.0. The van der Waals surface area contributed by atoms with Gasteiger partial charge in [0.05, 0.1) is 11.7 Å². The molecule has 1 aromatic heterocycles. The lowest BCUT2D eigenvalue weighted by molar-refractivity contribution is 0.478. The molecule has 0 aliphatic carbocycles. The third kappa shape index (κ3) is 2.02. The molecule has 1 unspecified atom stereocenters. The number of nitrogens with two attached hydrogens (primary N) is 1. The first-order valence-corrected chi connectivity index (χ1v) is 4.91. The zero-order valence-corrected chi connectivity index (χ0v) is 8.91. The average Bonchev–Trinajstić information content (AvgIpc) is 2.46. The molecule has 2 N–H and O–H groups in total. The summed E-state index contributed by atoms with van der Waals surface area (Å²) in [6, 6.07) is 2.36. The summed E-state index contributed by atoms with van der Waals surface area (Å²) in [6.45, 7) is 8.53. The van der Waals surface area contributed by atoms with E-state index in [1.165, 1.54) is 0 Å². The molecule has 3 nitrogen and oxygen atoms in total. The van der Waals surface area contributed by atoms with Crippen molar-refractivity contribution in [1.29, 1.82) is 0 Å². The number of aromatic nitrogens is 2. The van der Waals surface area contributed by atoms with E-state index in [9.17, 15) is 0 Å². The molecule has 0 radical (unpaired) electrons. The Morgan fingerprint density at radius 2 is 2.08 bits per heavy atom. The second kappa shape index (κ2) is 3.81. The molecule has 0 bridgehead atoms. The van der Waals surface area contributed by atoms with E-state index in [2.05, 4.69) is 32.8 Å². The Balaban J connectivity index is 2.96. The third-order valence-electron chi connectivity index (χ3n) is 2.38. The van der Waals surface area contributed by atoms with E-state index in [0.717, 1.165) is 17.9 Å².